The van der Waals surface area contributed by atoms with Gasteiger partial charge in [-0.3, -0.25) is 4.79 Å². The summed E-state index contributed by atoms with van der Waals surface area (Å²) in [5.74, 6) is -1.45. The van der Waals surface area contributed by atoms with Gasteiger partial charge in [-0.05, 0) is 43.0 Å². The molecule has 0 radical (unpaired) electrons. The molecule has 6 heteroatoms. The molecule has 0 saturated carbocycles. The van der Waals surface area contributed by atoms with Crippen molar-refractivity contribution < 1.29 is 19.1 Å². The Kier molecular flexibility index (Phi) is 4.66. The lowest BCUT2D eigenvalue weighted by Crippen LogP contribution is -2.39. The number of carboxylic acid groups (broad SMARTS) is 1. The first kappa shape index (κ1) is 16.6. The van der Waals surface area contributed by atoms with E-state index >= 15 is 0 Å². The molecule has 1 aliphatic rings. The predicted molar refractivity (Wildman–Crippen MR) is 90.3 cm³/mol. The molecule has 1 amide bonds. The van der Waals surface area contributed by atoms with Gasteiger partial charge in [0.2, 0.25) is 0 Å². The summed E-state index contributed by atoms with van der Waals surface area (Å²) in [4.78, 5) is 26.2. The Hall–Kier alpha value is -2.21. The Morgan fingerprint density at radius 2 is 2.08 bits per heavy atom. The number of carbonyl (C=O) groups excluding carboxylic acids is 1. The minimum atomic E-state index is -1.01. The third-order valence-electron chi connectivity index (χ3n) is 4.38. The molecule has 1 atom stereocenters. The molecule has 2 heterocycles. The van der Waals surface area contributed by atoms with Crippen molar-refractivity contribution in [2.75, 3.05) is 13.1 Å². The molecule has 1 unspecified atom stereocenters. The number of hydrogen-bond donors (Lipinski definition) is 1. The molecule has 2 aromatic rings. The van der Waals surface area contributed by atoms with Gasteiger partial charge < -0.3 is 10.0 Å². The number of benzene rings is 1. The molecule has 1 saturated heterocycles. The number of piperidine rings is 1. The lowest BCUT2D eigenvalue weighted by molar-refractivity contribution is 0.0697. The monoisotopic (exact) mass is 347 g/mol. The van der Waals surface area contributed by atoms with Gasteiger partial charge in [0, 0.05) is 19.0 Å². The normalized spacial score (nSPS) is 17.8. The van der Waals surface area contributed by atoms with Crippen molar-refractivity contribution >= 4 is 23.2 Å². The Labute approximate surface area is 143 Å². The smallest absolute Gasteiger partial charge is 0.346 e. The standard InChI is InChI=1S/C18H18FNO3S/c1-11-9-15(24-16(11)18(22)23)17(21)20-8-4-5-12(10-20)13-6-2-3-7-14(13)19/h2-3,6-7,9,12H,4-5,8,10H2,1H3,(H,22,23). The molecular weight excluding hydrogens is 329 g/mol. The first-order valence-corrected chi connectivity index (χ1v) is 8.66. The second-order valence-corrected chi connectivity index (χ2v) is 7.09. The average molecular weight is 347 g/mol. The van der Waals surface area contributed by atoms with E-state index in [2.05, 4.69) is 0 Å². The van der Waals surface area contributed by atoms with Gasteiger partial charge in [-0.15, -0.1) is 11.3 Å². The second-order valence-electron chi connectivity index (χ2n) is 6.04. The molecule has 1 fully saturated rings. The number of halogens is 1. The lowest BCUT2D eigenvalue weighted by atomic mass is 9.90. The number of hydrogen-bond acceptors (Lipinski definition) is 3. The highest BCUT2D eigenvalue weighted by Crippen LogP contribution is 2.31. The molecule has 126 valence electrons. The number of thiophene rings is 1. The molecule has 1 N–H and O–H groups in total. The van der Waals surface area contributed by atoms with E-state index < -0.39 is 5.97 Å². The molecular formula is C18H18FNO3S. The highest BCUT2D eigenvalue weighted by atomic mass is 32.1. The van der Waals surface area contributed by atoms with Gasteiger partial charge >= 0.3 is 5.97 Å². The van der Waals surface area contributed by atoms with Crippen LogP contribution in [0, 0.1) is 12.7 Å². The van der Waals surface area contributed by atoms with Crippen molar-refractivity contribution in [1.82, 2.24) is 4.90 Å². The summed E-state index contributed by atoms with van der Waals surface area (Å²) in [7, 11) is 0. The minimum absolute atomic E-state index is 0.0242. The molecule has 1 aromatic carbocycles. The fourth-order valence-electron chi connectivity index (χ4n) is 3.18. The van der Waals surface area contributed by atoms with E-state index in [0.717, 1.165) is 24.2 Å². The van der Waals surface area contributed by atoms with Crippen molar-refractivity contribution in [3.63, 3.8) is 0 Å². The fraction of sp³-hybridized carbons (Fsp3) is 0.333. The number of nitrogens with zero attached hydrogens (tertiary/aromatic N) is 1. The van der Waals surface area contributed by atoms with Crippen LogP contribution in [-0.2, 0) is 0 Å². The SMILES string of the molecule is Cc1cc(C(=O)N2CCCC(c3ccccc3F)C2)sc1C(=O)O. The average Bonchev–Trinajstić information content (AvgIpc) is 2.97. The zero-order valence-electron chi connectivity index (χ0n) is 13.3. The first-order valence-electron chi connectivity index (χ1n) is 7.85. The van der Waals surface area contributed by atoms with Crippen LogP contribution in [0.25, 0.3) is 0 Å². The summed E-state index contributed by atoms with van der Waals surface area (Å²) in [6.07, 6.45) is 1.65. The Morgan fingerprint density at radius 1 is 1.33 bits per heavy atom. The number of carbonyl (C=O) groups is 2. The highest BCUT2D eigenvalue weighted by molar-refractivity contribution is 7.16. The van der Waals surface area contributed by atoms with Gasteiger partial charge in [-0.25, -0.2) is 9.18 Å². The van der Waals surface area contributed by atoms with Crippen LogP contribution >= 0.6 is 11.3 Å². The summed E-state index contributed by atoms with van der Waals surface area (Å²) in [5.41, 5.74) is 1.24. The number of carboxylic acids is 1. The van der Waals surface area contributed by atoms with Crippen LogP contribution in [0.1, 0.15) is 49.2 Å². The molecule has 4 nitrogen and oxygen atoms in total. The number of likely N-dealkylation sites (tertiary alicyclic amines) is 1. The first-order chi connectivity index (χ1) is 11.5. The lowest BCUT2D eigenvalue weighted by Gasteiger charge is -2.33. The van der Waals surface area contributed by atoms with Crippen molar-refractivity contribution in [3.05, 3.63) is 57.0 Å². The quantitative estimate of drug-likeness (QED) is 0.916. The molecule has 0 bridgehead atoms. The number of aromatic carboxylic acids is 1. The zero-order valence-corrected chi connectivity index (χ0v) is 14.1. The molecule has 1 aromatic heterocycles. The summed E-state index contributed by atoms with van der Waals surface area (Å²) in [6, 6.07) is 8.31. The van der Waals surface area contributed by atoms with Crippen LogP contribution in [0.5, 0.6) is 0 Å². The Bertz CT molecular complexity index is 786. The van der Waals surface area contributed by atoms with E-state index in [9.17, 15) is 14.0 Å². The molecule has 0 spiro atoms. The number of amides is 1. The summed E-state index contributed by atoms with van der Waals surface area (Å²) >= 11 is 1.00. The number of aryl methyl sites for hydroxylation is 1. The minimum Gasteiger partial charge on any atom is -0.477 e. The Balaban J connectivity index is 1.79. The molecule has 24 heavy (non-hydrogen) atoms. The second kappa shape index (κ2) is 6.73. The van der Waals surface area contributed by atoms with Crippen molar-refractivity contribution in [3.8, 4) is 0 Å². The van der Waals surface area contributed by atoms with Crippen LogP contribution in [0.4, 0.5) is 4.39 Å². The maximum Gasteiger partial charge on any atom is 0.346 e. The van der Waals surface area contributed by atoms with Gasteiger partial charge in [-0.2, -0.15) is 0 Å². The third-order valence-corrected chi connectivity index (χ3v) is 5.59. The van der Waals surface area contributed by atoms with E-state index in [1.807, 2.05) is 0 Å². The topological polar surface area (TPSA) is 57.6 Å². The summed E-state index contributed by atoms with van der Waals surface area (Å²) < 4.78 is 14.0. The van der Waals surface area contributed by atoms with Gasteiger partial charge in [0.25, 0.3) is 5.91 Å². The van der Waals surface area contributed by atoms with E-state index in [1.54, 1.807) is 36.1 Å². The van der Waals surface area contributed by atoms with Crippen molar-refractivity contribution in [2.45, 2.75) is 25.7 Å². The van der Waals surface area contributed by atoms with Crippen LogP contribution in [0.2, 0.25) is 0 Å². The molecule has 3 rings (SSSR count). The highest BCUT2D eigenvalue weighted by Gasteiger charge is 2.28. The van der Waals surface area contributed by atoms with E-state index in [4.69, 9.17) is 5.11 Å². The van der Waals surface area contributed by atoms with E-state index in [0.29, 0.717) is 29.1 Å². The van der Waals surface area contributed by atoms with Crippen molar-refractivity contribution in [2.24, 2.45) is 0 Å². The van der Waals surface area contributed by atoms with Crippen LogP contribution < -0.4 is 0 Å². The van der Waals surface area contributed by atoms with Gasteiger partial charge in [0.1, 0.15) is 10.7 Å². The molecule has 1 aliphatic heterocycles. The predicted octanol–water partition coefficient (Wildman–Crippen LogP) is 3.91. The molecule has 0 aliphatic carbocycles. The van der Waals surface area contributed by atoms with Crippen LogP contribution in [0.15, 0.2) is 30.3 Å². The maximum absolute atomic E-state index is 14.0. The van der Waals surface area contributed by atoms with Crippen LogP contribution in [0.3, 0.4) is 0 Å². The van der Waals surface area contributed by atoms with Gasteiger partial charge in [0.15, 0.2) is 0 Å². The third kappa shape index (κ3) is 3.19. The zero-order chi connectivity index (χ0) is 17.3. The summed E-state index contributed by atoms with van der Waals surface area (Å²) in [6.45, 7) is 2.76. The Morgan fingerprint density at radius 3 is 2.75 bits per heavy atom. The van der Waals surface area contributed by atoms with Crippen molar-refractivity contribution in [1.29, 1.82) is 0 Å². The van der Waals surface area contributed by atoms with E-state index in [-0.39, 0.29) is 22.5 Å². The maximum atomic E-state index is 14.0. The number of rotatable bonds is 3. The summed E-state index contributed by atoms with van der Waals surface area (Å²) in [5, 5.41) is 9.14. The van der Waals surface area contributed by atoms with Crippen LogP contribution in [-0.4, -0.2) is 35.0 Å². The fourth-order valence-corrected chi connectivity index (χ4v) is 4.16. The van der Waals surface area contributed by atoms with Gasteiger partial charge in [-0.1, -0.05) is 18.2 Å². The largest absolute Gasteiger partial charge is 0.477 e. The van der Waals surface area contributed by atoms with E-state index in [1.165, 1.54) is 6.07 Å². The van der Waals surface area contributed by atoms with Gasteiger partial charge in [0.05, 0.1) is 4.88 Å².